The van der Waals surface area contributed by atoms with Crippen molar-refractivity contribution in [3.63, 3.8) is 0 Å². The third-order valence-electron chi connectivity index (χ3n) is 2.83. The van der Waals surface area contributed by atoms with E-state index in [0.29, 0.717) is 12.1 Å². The summed E-state index contributed by atoms with van der Waals surface area (Å²) in [6.45, 7) is 0.561. The maximum absolute atomic E-state index is 13.5. The van der Waals surface area contributed by atoms with Gasteiger partial charge in [-0.25, -0.2) is 4.39 Å². The lowest BCUT2D eigenvalue weighted by Crippen LogP contribution is -2.16. The molecule has 0 heterocycles. The lowest BCUT2D eigenvalue weighted by atomic mass is 10.1. The van der Waals surface area contributed by atoms with Crippen LogP contribution in [0.5, 0.6) is 0 Å². The number of hydrogen-bond acceptors (Lipinski definition) is 2. The van der Waals surface area contributed by atoms with E-state index in [0.717, 1.165) is 10.0 Å². The largest absolute Gasteiger partial charge is 0.367 e. The Hall–Kier alpha value is -1.23. The molecule has 100 valence electrons. The second-order valence-corrected chi connectivity index (χ2v) is 5.10. The van der Waals surface area contributed by atoms with Gasteiger partial charge in [0.2, 0.25) is 0 Å². The number of ether oxygens (including phenoxy) is 1. The molecule has 0 radical (unpaired) electrons. The van der Waals surface area contributed by atoms with E-state index < -0.39 is 0 Å². The number of benzene rings is 2. The minimum absolute atomic E-state index is 0.209. The van der Waals surface area contributed by atoms with Crippen molar-refractivity contribution in [1.82, 2.24) is 0 Å². The van der Waals surface area contributed by atoms with Gasteiger partial charge in [0, 0.05) is 16.6 Å². The second kappa shape index (κ2) is 6.80. The zero-order valence-corrected chi connectivity index (χ0v) is 11.9. The van der Waals surface area contributed by atoms with Crippen LogP contribution < -0.4 is 5.73 Å². The molecule has 2 rings (SSSR count). The Kier molecular flexibility index (Phi) is 5.07. The molecule has 0 bridgehead atoms. The van der Waals surface area contributed by atoms with E-state index >= 15 is 0 Å². The fourth-order valence-electron chi connectivity index (χ4n) is 1.81. The molecule has 0 aromatic heterocycles. The molecule has 19 heavy (non-hydrogen) atoms. The molecular formula is C15H15BrFNO. The van der Waals surface area contributed by atoms with Gasteiger partial charge in [0.1, 0.15) is 5.82 Å². The summed E-state index contributed by atoms with van der Waals surface area (Å²) in [5, 5.41) is 0. The van der Waals surface area contributed by atoms with Crippen LogP contribution in [-0.4, -0.2) is 6.54 Å². The monoisotopic (exact) mass is 323 g/mol. The fraction of sp³-hybridized carbons (Fsp3) is 0.200. The Morgan fingerprint density at radius 1 is 1.16 bits per heavy atom. The van der Waals surface area contributed by atoms with Gasteiger partial charge in [0.15, 0.2) is 0 Å². The number of nitrogens with two attached hydrogens (primary N) is 1. The van der Waals surface area contributed by atoms with Crippen molar-refractivity contribution in [3.8, 4) is 0 Å². The Bertz CT molecular complexity index is 547. The molecule has 2 nitrogen and oxygen atoms in total. The lowest BCUT2D eigenvalue weighted by Gasteiger charge is -2.17. The van der Waals surface area contributed by atoms with Crippen LogP contribution in [0.25, 0.3) is 0 Å². The van der Waals surface area contributed by atoms with Crippen LogP contribution in [0.2, 0.25) is 0 Å². The van der Waals surface area contributed by atoms with E-state index in [4.69, 9.17) is 10.5 Å². The van der Waals surface area contributed by atoms with Gasteiger partial charge in [-0.3, -0.25) is 0 Å². The van der Waals surface area contributed by atoms with Gasteiger partial charge in [-0.05, 0) is 23.8 Å². The summed E-state index contributed by atoms with van der Waals surface area (Å²) in [7, 11) is 0. The standard InChI is InChI=1S/C15H15BrFNO/c16-13-6-3-5-11(8-13)15(9-18)19-10-12-4-1-2-7-14(12)17/h1-8,15H,9-10,18H2. The minimum Gasteiger partial charge on any atom is -0.367 e. The van der Waals surface area contributed by atoms with Crippen LogP contribution in [0.15, 0.2) is 53.0 Å². The van der Waals surface area contributed by atoms with E-state index in [-0.39, 0.29) is 18.5 Å². The highest BCUT2D eigenvalue weighted by Gasteiger charge is 2.11. The topological polar surface area (TPSA) is 35.2 Å². The predicted octanol–water partition coefficient (Wildman–Crippen LogP) is 3.80. The summed E-state index contributed by atoms with van der Waals surface area (Å²) in [4.78, 5) is 0. The first-order valence-electron chi connectivity index (χ1n) is 6.01. The van der Waals surface area contributed by atoms with Crippen molar-refractivity contribution < 1.29 is 9.13 Å². The van der Waals surface area contributed by atoms with Crippen molar-refractivity contribution in [3.05, 3.63) is 69.9 Å². The predicted molar refractivity (Wildman–Crippen MR) is 77.1 cm³/mol. The quantitative estimate of drug-likeness (QED) is 0.908. The van der Waals surface area contributed by atoms with Gasteiger partial charge in [-0.2, -0.15) is 0 Å². The van der Waals surface area contributed by atoms with Gasteiger partial charge in [0.25, 0.3) is 0 Å². The van der Waals surface area contributed by atoms with Crippen LogP contribution in [0, 0.1) is 5.82 Å². The fourth-order valence-corrected chi connectivity index (χ4v) is 2.23. The van der Waals surface area contributed by atoms with E-state index in [2.05, 4.69) is 15.9 Å². The number of rotatable bonds is 5. The smallest absolute Gasteiger partial charge is 0.128 e. The first kappa shape index (κ1) is 14.2. The molecule has 0 spiro atoms. The number of hydrogen-bond donors (Lipinski definition) is 1. The molecule has 2 N–H and O–H groups in total. The summed E-state index contributed by atoms with van der Waals surface area (Å²) >= 11 is 3.41. The third kappa shape index (κ3) is 3.86. The van der Waals surface area contributed by atoms with Crippen molar-refractivity contribution in [2.24, 2.45) is 5.73 Å². The first-order chi connectivity index (χ1) is 9.20. The molecule has 0 saturated heterocycles. The molecule has 1 atom stereocenters. The zero-order chi connectivity index (χ0) is 13.7. The summed E-state index contributed by atoms with van der Waals surface area (Å²) in [5.41, 5.74) is 7.24. The Morgan fingerprint density at radius 3 is 2.63 bits per heavy atom. The molecule has 1 unspecified atom stereocenters. The van der Waals surface area contributed by atoms with Crippen molar-refractivity contribution in [2.45, 2.75) is 12.7 Å². The Labute approximate surface area is 120 Å². The second-order valence-electron chi connectivity index (χ2n) is 4.18. The van der Waals surface area contributed by atoms with Crippen molar-refractivity contribution >= 4 is 15.9 Å². The van der Waals surface area contributed by atoms with Crippen LogP contribution >= 0.6 is 15.9 Å². The Morgan fingerprint density at radius 2 is 1.95 bits per heavy atom. The van der Waals surface area contributed by atoms with E-state index in [1.807, 2.05) is 24.3 Å². The minimum atomic E-state index is -0.257. The van der Waals surface area contributed by atoms with Crippen molar-refractivity contribution in [1.29, 1.82) is 0 Å². The maximum Gasteiger partial charge on any atom is 0.128 e. The normalized spacial score (nSPS) is 12.4. The average Bonchev–Trinajstić information content (AvgIpc) is 2.41. The van der Waals surface area contributed by atoms with Crippen LogP contribution in [0.3, 0.4) is 0 Å². The van der Waals surface area contributed by atoms with Crippen LogP contribution in [0.4, 0.5) is 4.39 Å². The van der Waals surface area contributed by atoms with Crippen molar-refractivity contribution in [2.75, 3.05) is 6.54 Å². The van der Waals surface area contributed by atoms with Crippen LogP contribution in [0.1, 0.15) is 17.2 Å². The zero-order valence-electron chi connectivity index (χ0n) is 10.4. The lowest BCUT2D eigenvalue weighted by molar-refractivity contribution is 0.0440. The van der Waals surface area contributed by atoms with Gasteiger partial charge in [-0.1, -0.05) is 46.3 Å². The van der Waals surface area contributed by atoms with Gasteiger partial charge in [-0.15, -0.1) is 0 Å². The maximum atomic E-state index is 13.5. The number of halogens is 2. The molecule has 2 aromatic rings. The molecular weight excluding hydrogens is 309 g/mol. The summed E-state index contributed by atoms with van der Waals surface area (Å²) in [6, 6.07) is 14.4. The summed E-state index contributed by atoms with van der Waals surface area (Å²) in [5.74, 6) is -0.257. The SMILES string of the molecule is NCC(OCc1ccccc1F)c1cccc(Br)c1. The van der Waals surface area contributed by atoms with E-state index in [1.165, 1.54) is 6.07 Å². The molecule has 0 aliphatic rings. The summed E-state index contributed by atoms with van der Waals surface area (Å²) in [6.07, 6.45) is -0.239. The highest BCUT2D eigenvalue weighted by molar-refractivity contribution is 9.10. The molecule has 0 amide bonds. The molecule has 2 aromatic carbocycles. The molecule has 0 aliphatic carbocycles. The van der Waals surface area contributed by atoms with Gasteiger partial charge in [0.05, 0.1) is 12.7 Å². The molecule has 4 heteroatoms. The van der Waals surface area contributed by atoms with Gasteiger partial charge < -0.3 is 10.5 Å². The third-order valence-corrected chi connectivity index (χ3v) is 3.33. The molecule has 0 aliphatic heterocycles. The molecule has 0 saturated carbocycles. The first-order valence-corrected chi connectivity index (χ1v) is 6.80. The average molecular weight is 324 g/mol. The van der Waals surface area contributed by atoms with Crippen LogP contribution in [-0.2, 0) is 11.3 Å². The van der Waals surface area contributed by atoms with E-state index in [1.54, 1.807) is 18.2 Å². The summed E-state index contributed by atoms with van der Waals surface area (Å²) < 4.78 is 20.2. The highest BCUT2D eigenvalue weighted by atomic mass is 79.9. The molecule has 0 fully saturated rings. The highest BCUT2D eigenvalue weighted by Crippen LogP contribution is 2.22. The Balaban J connectivity index is 2.06. The van der Waals surface area contributed by atoms with Gasteiger partial charge >= 0.3 is 0 Å². The van der Waals surface area contributed by atoms with E-state index in [9.17, 15) is 4.39 Å².